The minimum absolute atomic E-state index is 0.551. The molecule has 1 aromatic rings. The maximum Gasteiger partial charge on any atom is 0.271 e. The molecule has 0 aromatic heterocycles. The molecule has 0 aliphatic rings. The van der Waals surface area contributed by atoms with Crippen LogP contribution in [0.15, 0.2) is 30.3 Å². The summed E-state index contributed by atoms with van der Waals surface area (Å²) in [6.45, 7) is 7.07. The van der Waals surface area contributed by atoms with Crippen LogP contribution in [0.1, 0.15) is 44.0 Å². The summed E-state index contributed by atoms with van der Waals surface area (Å²) in [7, 11) is 0. The summed E-state index contributed by atoms with van der Waals surface area (Å²) in [5, 5.41) is 2.88. The smallest absolute Gasteiger partial charge is 0.0963 e. The Kier molecular flexibility index (Phi) is 6.07. The molecule has 0 nitrogen and oxygen atoms in total. The highest BCUT2D eigenvalue weighted by molar-refractivity contribution is 6.60. The maximum atomic E-state index is 2.38. The van der Waals surface area contributed by atoms with E-state index in [0.717, 1.165) is 4.78 Å². The van der Waals surface area contributed by atoms with Crippen molar-refractivity contribution in [1.29, 1.82) is 0 Å². The fourth-order valence-corrected chi connectivity index (χ4v) is 5.83. The largest absolute Gasteiger partial charge is 0.271 e. The van der Waals surface area contributed by atoms with Crippen LogP contribution in [0.25, 0.3) is 0 Å². The zero-order valence-electron chi connectivity index (χ0n) is 10.4. The molecule has 0 radical (unpaired) electrons. The van der Waals surface area contributed by atoms with E-state index in [1.807, 2.05) is 0 Å². The number of hydrogen-bond acceptors (Lipinski definition) is 0. The average molecular weight is 218 g/mol. The minimum Gasteiger partial charge on any atom is -0.0963 e. The molecule has 0 fully saturated rings. The predicted molar refractivity (Wildman–Crippen MR) is 70.8 cm³/mol. The number of hydrogen-bond donors (Lipinski definition) is 0. The van der Waals surface area contributed by atoms with E-state index in [1.165, 1.54) is 23.4 Å². The normalized spacial score (nSPS) is 12.5. The van der Waals surface area contributed by atoms with Gasteiger partial charge in [0.2, 0.25) is 0 Å². The highest BCUT2D eigenvalue weighted by atomic mass is 27.2. The van der Waals surface area contributed by atoms with Crippen LogP contribution in [0.4, 0.5) is 0 Å². The molecule has 0 amide bonds. The van der Waals surface area contributed by atoms with E-state index in [9.17, 15) is 0 Å². The Balaban J connectivity index is 2.81. The highest BCUT2D eigenvalue weighted by Crippen LogP contribution is 2.27. The Morgan fingerprint density at radius 3 is 2.07 bits per heavy atom. The number of rotatable bonds is 6. The van der Waals surface area contributed by atoms with Crippen molar-refractivity contribution in [2.24, 2.45) is 0 Å². The van der Waals surface area contributed by atoms with E-state index in [1.54, 1.807) is 5.56 Å². The van der Waals surface area contributed by atoms with E-state index in [-0.39, 0.29) is 0 Å². The molecular weight excluding hydrogens is 195 g/mol. The van der Waals surface area contributed by atoms with E-state index in [4.69, 9.17) is 0 Å². The van der Waals surface area contributed by atoms with Crippen molar-refractivity contribution in [2.45, 2.75) is 49.0 Å². The third-order valence-electron chi connectivity index (χ3n) is 3.45. The zero-order chi connectivity index (χ0) is 11.1. The van der Waals surface area contributed by atoms with Crippen LogP contribution in [0.5, 0.6) is 0 Å². The van der Waals surface area contributed by atoms with Crippen LogP contribution in [-0.2, 0) is 0 Å². The van der Waals surface area contributed by atoms with Gasteiger partial charge in [0.1, 0.15) is 0 Å². The molecule has 0 spiro atoms. The Bertz CT molecular complexity index is 251. The molecule has 1 atom stereocenters. The van der Waals surface area contributed by atoms with Crippen LogP contribution >= 0.6 is 0 Å². The van der Waals surface area contributed by atoms with Crippen LogP contribution in [-0.4, -0.2) is 14.1 Å². The van der Waals surface area contributed by atoms with Crippen molar-refractivity contribution in [2.75, 3.05) is 0 Å². The fourth-order valence-electron chi connectivity index (χ4n) is 2.54. The summed E-state index contributed by atoms with van der Waals surface area (Å²) in [6, 6.07) is 11.2. The molecule has 0 N–H and O–H groups in total. The Hall–Kier alpha value is -0.248. The Labute approximate surface area is 99.1 Å². The predicted octanol–water partition coefficient (Wildman–Crippen LogP) is 4.64. The van der Waals surface area contributed by atoms with Crippen molar-refractivity contribution in [3.8, 4) is 0 Å². The van der Waals surface area contributed by atoms with Gasteiger partial charge in [0.15, 0.2) is 0 Å². The number of benzene rings is 1. The molecule has 1 unspecified atom stereocenters. The average Bonchev–Trinajstić information content (AvgIpc) is 2.30. The second kappa shape index (κ2) is 7.10. The topological polar surface area (TPSA) is 0 Å². The lowest BCUT2D eigenvalue weighted by molar-refractivity contribution is 0.748. The van der Waals surface area contributed by atoms with Gasteiger partial charge in [-0.05, 0) is 0 Å². The van der Waals surface area contributed by atoms with E-state index >= 15 is 0 Å². The first-order valence-electron chi connectivity index (χ1n) is 6.38. The molecule has 1 rings (SSSR count). The lowest BCUT2D eigenvalue weighted by atomic mass is 10.1. The minimum atomic E-state index is -0.551. The van der Waals surface area contributed by atoms with Crippen LogP contribution in [0, 0.1) is 0 Å². The second-order valence-corrected chi connectivity index (χ2v) is 8.34. The van der Waals surface area contributed by atoms with Crippen molar-refractivity contribution < 1.29 is 0 Å². The third kappa shape index (κ3) is 3.67. The fraction of sp³-hybridized carbons (Fsp3) is 0.571. The van der Waals surface area contributed by atoms with Gasteiger partial charge in [-0.3, -0.25) is 0 Å². The molecule has 0 bridgehead atoms. The van der Waals surface area contributed by atoms with Gasteiger partial charge in [0.05, 0.1) is 0 Å². The van der Waals surface area contributed by atoms with Crippen molar-refractivity contribution in [1.82, 2.24) is 0 Å². The van der Waals surface area contributed by atoms with Gasteiger partial charge in [-0.25, -0.2) is 0 Å². The van der Waals surface area contributed by atoms with Gasteiger partial charge in [-0.2, -0.15) is 0 Å². The van der Waals surface area contributed by atoms with Crippen LogP contribution in [0.3, 0.4) is 0 Å². The molecular formula is C14H23Al. The quantitative estimate of drug-likeness (QED) is 0.610. The maximum absolute atomic E-state index is 2.38. The molecule has 0 heterocycles. The molecule has 15 heavy (non-hydrogen) atoms. The van der Waals surface area contributed by atoms with E-state index in [0.29, 0.717) is 0 Å². The molecule has 0 aliphatic heterocycles. The molecule has 0 saturated carbocycles. The van der Waals surface area contributed by atoms with Crippen LogP contribution < -0.4 is 0 Å². The first-order valence-corrected chi connectivity index (χ1v) is 8.68. The molecule has 1 aromatic carbocycles. The van der Waals surface area contributed by atoms with Gasteiger partial charge in [-0.1, -0.05) is 84.9 Å². The molecule has 0 aliphatic carbocycles. The second-order valence-electron chi connectivity index (χ2n) is 4.38. The highest BCUT2D eigenvalue weighted by Gasteiger charge is 2.24. The lowest BCUT2D eigenvalue weighted by Crippen LogP contribution is -2.21. The summed E-state index contributed by atoms with van der Waals surface area (Å²) < 4.78 is 0.909. The van der Waals surface area contributed by atoms with Gasteiger partial charge >= 0.3 is 0 Å². The summed E-state index contributed by atoms with van der Waals surface area (Å²) in [5.74, 6) is 0. The summed E-state index contributed by atoms with van der Waals surface area (Å²) >= 11 is -0.551. The first kappa shape index (κ1) is 12.8. The Morgan fingerprint density at radius 1 is 1.00 bits per heavy atom. The van der Waals surface area contributed by atoms with Crippen LogP contribution in [0.2, 0.25) is 10.6 Å². The van der Waals surface area contributed by atoms with Gasteiger partial charge < -0.3 is 0 Å². The monoisotopic (exact) mass is 218 g/mol. The SMILES string of the molecule is CCC[CH](c1ccccc1)[Al]([CH2]C)[CH2]C. The first-order chi connectivity index (χ1) is 7.33. The molecule has 1 heteroatoms. The van der Waals surface area contributed by atoms with E-state index < -0.39 is 14.1 Å². The molecule has 82 valence electrons. The van der Waals surface area contributed by atoms with Crippen molar-refractivity contribution in [3.63, 3.8) is 0 Å². The standard InChI is InChI=1S/C10H13.2C2H5.Al/c1-2-3-7-10-8-5-4-6-9-10;2*1-2;/h4-9H,2-3H2,1H3;2*1H2,2H3;. The van der Waals surface area contributed by atoms with Gasteiger partial charge in [0, 0.05) is 0 Å². The summed E-state index contributed by atoms with van der Waals surface area (Å²) in [6.07, 6.45) is 2.71. The summed E-state index contributed by atoms with van der Waals surface area (Å²) in [5.41, 5.74) is 1.60. The third-order valence-corrected chi connectivity index (χ3v) is 7.40. The Morgan fingerprint density at radius 2 is 1.60 bits per heavy atom. The summed E-state index contributed by atoms with van der Waals surface area (Å²) in [4.78, 5) is 0. The molecule has 0 saturated heterocycles. The van der Waals surface area contributed by atoms with Gasteiger partial charge in [-0.15, -0.1) is 0 Å². The lowest BCUT2D eigenvalue weighted by Gasteiger charge is -2.21. The van der Waals surface area contributed by atoms with Crippen molar-refractivity contribution in [3.05, 3.63) is 35.9 Å². The van der Waals surface area contributed by atoms with Crippen molar-refractivity contribution >= 4 is 14.1 Å². The van der Waals surface area contributed by atoms with E-state index in [2.05, 4.69) is 51.1 Å². The van der Waals surface area contributed by atoms with Gasteiger partial charge in [0.25, 0.3) is 14.1 Å². The zero-order valence-corrected chi connectivity index (χ0v) is 11.5.